The van der Waals surface area contributed by atoms with Gasteiger partial charge in [0.2, 0.25) is 5.91 Å². The van der Waals surface area contributed by atoms with E-state index in [9.17, 15) is 9.90 Å². The van der Waals surface area contributed by atoms with Gasteiger partial charge >= 0.3 is 0 Å². The Hall–Kier alpha value is -0.460. The van der Waals surface area contributed by atoms with Gasteiger partial charge in [-0.25, -0.2) is 0 Å². The number of rotatable bonds is 5. The molecule has 2 unspecified atom stereocenters. The quantitative estimate of drug-likeness (QED) is 0.760. The van der Waals surface area contributed by atoms with Crippen molar-refractivity contribution < 1.29 is 9.90 Å². The van der Waals surface area contributed by atoms with E-state index in [1.165, 1.54) is 0 Å². The smallest absolute Gasteiger partial charge is 0.221 e. The molecule has 118 valence electrons. The average molecular weight is 351 g/mol. The average Bonchev–Trinajstić information content (AvgIpc) is 2.46. The van der Waals surface area contributed by atoms with Crippen molar-refractivity contribution in [3.05, 3.63) is 34.9 Å². The van der Waals surface area contributed by atoms with E-state index in [1.807, 2.05) is 11.8 Å². The third kappa shape index (κ3) is 6.45. The van der Waals surface area contributed by atoms with Crippen molar-refractivity contribution >= 4 is 41.7 Å². The van der Waals surface area contributed by atoms with E-state index in [2.05, 4.69) is 10.6 Å². The third-order valence-electron chi connectivity index (χ3n) is 3.18. The molecule has 0 aromatic heterocycles. The first-order valence-electron chi connectivity index (χ1n) is 6.66. The molecule has 0 saturated carbocycles. The van der Waals surface area contributed by atoms with Crippen LogP contribution in [-0.4, -0.2) is 41.7 Å². The lowest BCUT2D eigenvalue weighted by molar-refractivity contribution is -0.121. The fourth-order valence-corrected chi connectivity index (χ4v) is 3.14. The molecule has 7 heteroatoms. The SMILES string of the molecule is Cl.O=C(CC1CSCCN1)NCC(O)c1ccc(Cl)cc1. The lowest BCUT2D eigenvalue weighted by Crippen LogP contribution is -2.41. The molecule has 1 aromatic rings. The topological polar surface area (TPSA) is 61.4 Å². The molecule has 3 N–H and O–H groups in total. The van der Waals surface area contributed by atoms with Crippen molar-refractivity contribution in [1.82, 2.24) is 10.6 Å². The number of aliphatic hydroxyl groups excluding tert-OH is 1. The fraction of sp³-hybridized carbons (Fsp3) is 0.500. The summed E-state index contributed by atoms with van der Waals surface area (Å²) in [6, 6.07) is 7.22. The van der Waals surface area contributed by atoms with Gasteiger partial charge in [-0.3, -0.25) is 4.79 Å². The Morgan fingerprint density at radius 3 is 2.81 bits per heavy atom. The maximum atomic E-state index is 11.8. The summed E-state index contributed by atoms with van der Waals surface area (Å²) < 4.78 is 0. The molecule has 0 bridgehead atoms. The number of amides is 1. The largest absolute Gasteiger partial charge is 0.387 e. The third-order valence-corrected chi connectivity index (χ3v) is 4.56. The second kappa shape index (κ2) is 9.54. The summed E-state index contributed by atoms with van der Waals surface area (Å²) in [5, 5.41) is 16.7. The van der Waals surface area contributed by atoms with Crippen LogP contribution in [0.25, 0.3) is 0 Å². The summed E-state index contributed by atoms with van der Waals surface area (Å²) in [6.45, 7) is 1.18. The minimum absolute atomic E-state index is 0. The summed E-state index contributed by atoms with van der Waals surface area (Å²) in [4.78, 5) is 11.8. The fourth-order valence-electron chi connectivity index (χ4n) is 2.06. The molecule has 1 amide bonds. The Morgan fingerprint density at radius 1 is 1.48 bits per heavy atom. The highest BCUT2D eigenvalue weighted by Crippen LogP contribution is 2.16. The van der Waals surface area contributed by atoms with Gasteiger partial charge in [-0.1, -0.05) is 23.7 Å². The van der Waals surface area contributed by atoms with E-state index in [0.717, 1.165) is 23.6 Å². The molecular weight excluding hydrogens is 331 g/mol. The zero-order valence-corrected chi connectivity index (χ0v) is 13.9. The summed E-state index contributed by atoms with van der Waals surface area (Å²) >= 11 is 7.66. The lowest BCUT2D eigenvalue weighted by Gasteiger charge is -2.22. The number of aliphatic hydroxyl groups is 1. The second-order valence-corrected chi connectivity index (χ2v) is 6.39. The number of hydrogen-bond donors (Lipinski definition) is 3. The molecule has 2 rings (SSSR count). The number of carbonyl (C=O) groups is 1. The number of halogens is 2. The van der Waals surface area contributed by atoms with Gasteiger partial charge in [0.05, 0.1) is 6.10 Å². The van der Waals surface area contributed by atoms with Crippen LogP contribution in [0.5, 0.6) is 0 Å². The van der Waals surface area contributed by atoms with E-state index >= 15 is 0 Å². The van der Waals surface area contributed by atoms with Crippen LogP contribution in [0.4, 0.5) is 0 Å². The summed E-state index contributed by atoms with van der Waals surface area (Å²) in [5.74, 6) is 2.04. The normalized spacial score (nSPS) is 19.4. The molecule has 0 spiro atoms. The van der Waals surface area contributed by atoms with Gasteiger partial charge in [-0.15, -0.1) is 12.4 Å². The van der Waals surface area contributed by atoms with Crippen LogP contribution in [0, 0.1) is 0 Å². The first-order valence-corrected chi connectivity index (χ1v) is 8.20. The Labute approximate surface area is 140 Å². The van der Waals surface area contributed by atoms with E-state index < -0.39 is 6.10 Å². The van der Waals surface area contributed by atoms with Gasteiger partial charge in [0.25, 0.3) is 0 Å². The molecule has 1 saturated heterocycles. The van der Waals surface area contributed by atoms with Crippen LogP contribution in [0.3, 0.4) is 0 Å². The Balaban J connectivity index is 0.00000220. The number of carbonyl (C=O) groups excluding carboxylic acids is 1. The molecule has 2 atom stereocenters. The summed E-state index contributed by atoms with van der Waals surface area (Å²) in [5.41, 5.74) is 0.751. The lowest BCUT2D eigenvalue weighted by atomic mass is 10.1. The molecule has 1 aromatic carbocycles. The first-order chi connectivity index (χ1) is 9.65. The highest BCUT2D eigenvalue weighted by atomic mass is 35.5. The van der Waals surface area contributed by atoms with Crippen molar-refractivity contribution in [2.45, 2.75) is 18.6 Å². The molecular formula is C14H20Cl2N2O2S. The maximum absolute atomic E-state index is 11.8. The van der Waals surface area contributed by atoms with E-state index in [4.69, 9.17) is 11.6 Å². The van der Waals surface area contributed by atoms with Crippen molar-refractivity contribution in [2.75, 3.05) is 24.6 Å². The van der Waals surface area contributed by atoms with E-state index in [1.54, 1.807) is 24.3 Å². The highest BCUT2D eigenvalue weighted by Gasteiger charge is 2.17. The zero-order chi connectivity index (χ0) is 14.4. The molecule has 1 fully saturated rings. The first kappa shape index (κ1) is 18.6. The van der Waals surface area contributed by atoms with Gasteiger partial charge in [0.15, 0.2) is 0 Å². The van der Waals surface area contributed by atoms with Crippen LogP contribution < -0.4 is 10.6 Å². The number of nitrogens with one attached hydrogen (secondary N) is 2. The zero-order valence-electron chi connectivity index (χ0n) is 11.5. The van der Waals surface area contributed by atoms with Gasteiger partial charge in [-0.2, -0.15) is 11.8 Å². The van der Waals surface area contributed by atoms with Crippen LogP contribution in [0.15, 0.2) is 24.3 Å². The molecule has 0 radical (unpaired) electrons. The predicted octanol–water partition coefficient (Wildman–Crippen LogP) is 2.01. The number of hydrogen-bond acceptors (Lipinski definition) is 4. The standard InChI is InChI=1S/C14H19ClN2O2S.ClH/c15-11-3-1-10(2-4-11)13(18)8-17-14(19)7-12-9-20-6-5-16-12;/h1-4,12-13,16,18H,5-9H2,(H,17,19);1H. The second-order valence-electron chi connectivity index (χ2n) is 4.80. The van der Waals surface area contributed by atoms with Crippen LogP contribution in [0.2, 0.25) is 5.02 Å². The molecule has 1 heterocycles. The summed E-state index contributed by atoms with van der Waals surface area (Å²) in [7, 11) is 0. The predicted molar refractivity (Wildman–Crippen MR) is 90.4 cm³/mol. The van der Waals surface area contributed by atoms with Gasteiger partial charge in [-0.05, 0) is 17.7 Å². The van der Waals surface area contributed by atoms with Crippen LogP contribution >= 0.6 is 35.8 Å². The molecule has 1 aliphatic rings. The van der Waals surface area contributed by atoms with Crippen molar-refractivity contribution in [3.8, 4) is 0 Å². The highest BCUT2D eigenvalue weighted by molar-refractivity contribution is 7.99. The van der Waals surface area contributed by atoms with Crippen molar-refractivity contribution in [3.63, 3.8) is 0 Å². The van der Waals surface area contributed by atoms with E-state index in [0.29, 0.717) is 11.4 Å². The summed E-state index contributed by atoms with van der Waals surface area (Å²) in [6.07, 6.45) is -0.245. The minimum atomic E-state index is -0.704. The van der Waals surface area contributed by atoms with Gasteiger partial charge < -0.3 is 15.7 Å². The Morgan fingerprint density at radius 2 is 2.19 bits per heavy atom. The number of benzene rings is 1. The monoisotopic (exact) mass is 350 g/mol. The molecule has 0 aliphatic carbocycles. The number of thioether (sulfide) groups is 1. The van der Waals surface area contributed by atoms with E-state index in [-0.39, 0.29) is 30.9 Å². The van der Waals surface area contributed by atoms with Crippen molar-refractivity contribution in [1.29, 1.82) is 0 Å². The molecule has 4 nitrogen and oxygen atoms in total. The van der Waals surface area contributed by atoms with Crippen LogP contribution in [0.1, 0.15) is 18.1 Å². The Kier molecular flexibility index (Phi) is 8.44. The Bertz CT molecular complexity index is 439. The molecule has 21 heavy (non-hydrogen) atoms. The minimum Gasteiger partial charge on any atom is -0.387 e. The molecule has 1 aliphatic heterocycles. The van der Waals surface area contributed by atoms with Gasteiger partial charge in [0.1, 0.15) is 0 Å². The maximum Gasteiger partial charge on any atom is 0.221 e. The van der Waals surface area contributed by atoms with Gasteiger partial charge in [0, 0.05) is 42.1 Å². The van der Waals surface area contributed by atoms with Crippen molar-refractivity contribution in [2.24, 2.45) is 0 Å². The van der Waals surface area contributed by atoms with Crippen LogP contribution in [-0.2, 0) is 4.79 Å².